The number of carbonyl (C=O) groups is 3. The van der Waals surface area contributed by atoms with Crippen molar-refractivity contribution < 1.29 is 33.3 Å². The Balaban J connectivity index is 1.72. The first-order chi connectivity index (χ1) is 21.5. The molecular formula is C34H43Cl2N3O7. The summed E-state index contributed by atoms with van der Waals surface area (Å²) in [6, 6.07) is 10.9. The van der Waals surface area contributed by atoms with E-state index in [1.165, 1.54) is 12.0 Å². The van der Waals surface area contributed by atoms with Crippen LogP contribution in [0.4, 0.5) is 4.79 Å². The van der Waals surface area contributed by atoms with E-state index in [2.05, 4.69) is 5.10 Å². The number of amides is 1. The van der Waals surface area contributed by atoms with Gasteiger partial charge in [-0.3, -0.25) is 9.69 Å². The second-order valence-corrected chi connectivity index (χ2v) is 14.3. The zero-order valence-corrected chi connectivity index (χ0v) is 29.0. The largest absolute Gasteiger partial charge is 0.492 e. The van der Waals surface area contributed by atoms with Crippen molar-refractivity contribution in [3.05, 3.63) is 58.2 Å². The van der Waals surface area contributed by atoms with Crippen LogP contribution in [0.3, 0.4) is 0 Å². The zero-order valence-electron chi connectivity index (χ0n) is 27.5. The van der Waals surface area contributed by atoms with Crippen molar-refractivity contribution in [1.82, 2.24) is 14.7 Å². The highest BCUT2D eigenvalue weighted by atomic mass is 35.5. The minimum absolute atomic E-state index is 0.0198. The Bertz CT molecular complexity index is 1560. The lowest BCUT2D eigenvalue weighted by molar-refractivity contribution is -0.176. The van der Waals surface area contributed by atoms with Gasteiger partial charge in [0, 0.05) is 16.5 Å². The van der Waals surface area contributed by atoms with E-state index in [1.54, 1.807) is 70.6 Å². The van der Waals surface area contributed by atoms with Crippen molar-refractivity contribution in [1.29, 1.82) is 0 Å². The lowest BCUT2D eigenvalue weighted by Crippen LogP contribution is -2.62. The molecule has 0 N–H and O–H groups in total. The molecule has 0 saturated heterocycles. The summed E-state index contributed by atoms with van der Waals surface area (Å²) in [4.78, 5) is 42.3. The number of benzene rings is 2. The molecule has 1 aliphatic rings. The molecule has 1 heterocycles. The number of rotatable bonds is 9. The standard InChI is InChI=1S/C34H43Cl2N3O7/c1-32(2,3)45-30(41)34(17-10-11-22(19-34)29(40)43-7)38(31(42)46-33(4,5)6)21-39-27-14-9-15-28(24(27)20-37-39)44-18-16-23-25(35)12-8-13-26(23)36/h8-9,12-15,20,22H,10-11,16-19,21H2,1-7H3. The number of hydrogen-bond acceptors (Lipinski definition) is 8. The van der Waals surface area contributed by atoms with E-state index >= 15 is 0 Å². The molecule has 1 amide bonds. The molecule has 10 nitrogen and oxygen atoms in total. The van der Waals surface area contributed by atoms with Crippen LogP contribution in [0.25, 0.3) is 10.9 Å². The number of aromatic nitrogens is 2. The molecule has 0 aliphatic heterocycles. The van der Waals surface area contributed by atoms with E-state index in [-0.39, 0.29) is 19.5 Å². The van der Waals surface area contributed by atoms with Crippen LogP contribution in [-0.4, -0.2) is 63.2 Å². The van der Waals surface area contributed by atoms with E-state index < -0.39 is 40.7 Å². The highest BCUT2D eigenvalue weighted by Gasteiger charge is 2.54. The van der Waals surface area contributed by atoms with Crippen LogP contribution in [0.15, 0.2) is 42.6 Å². The lowest BCUT2D eigenvalue weighted by Gasteiger charge is -2.46. The summed E-state index contributed by atoms with van der Waals surface area (Å²) in [7, 11) is 1.32. The number of esters is 2. The van der Waals surface area contributed by atoms with Crippen LogP contribution >= 0.6 is 23.2 Å². The highest BCUT2D eigenvalue weighted by Crippen LogP contribution is 2.41. The summed E-state index contributed by atoms with van der Waals surface area (Å²) in [5, 5.41) is 6.45. The van der Waals surface area contributed by atoms with Crippen molar-refractivity contribution in [3.8, 4) is 5.75 Å². The van der Waals surface area contributed by atoms with E-state index in [4.69, 9.17) is 42.1 Å². The Morgan fingerprint density at radius 3 is 2.28 bits per heavy atom. The molecular weight excluding hydrogens is 633 g/mol. The number of ether oxygens (including phenoxy) is 4. The van der Waals surface area contributed by atoms with Gasteiger partial charge < -0.3 is 18.9 Å². The number of methoxy groups -OCH3 is 1. The minimum Gasteiger partial charge on any atom is -0.492 e. The highest BCUT2D eigenvalue weighted by molar-refractivity contribution is 6.36. The Kier molecular flexibility index (Phi) is 10.8. The quantitative estimate of drug-likeness (QED) is 0.168. The van der Waals surface area contributed by atoms with E-state index in [1.807, 2.05) is 18.2 Å². The maximum atomic E-state index is 14.1. The maximum Gasteiger partial charge on any atom is 0.412 e. The summed E-state index contributed by atoms with van der Waals surface area (Å²) in [6.07, 6.45) is 2.72. The van der Waals surface area contributed by atoms with E-state index in [0.29, 0.717) is 52.6 Å². The summed E-state index contributed by atoms with van der Waals surface area (Å²) in [5.41, 5.74) is -1.76. The number of hydrogen-bond donors (Lipinski definition) is 0. The average molecular weight is 677 g/mol. The molecule has 2 atom stereocenters. The minimum atomic E-state index is -1.52. The molecule has 0 bridgehead atoms. The van der Waals surface area contributed by atoms with Crippen LogP contribution in [0.5, 0.6) is 5.75 Å². The fraction of sp³-hybridized carbons (Fsp3) is 0.529. The molecule has 1 aromatic heterocycles. The predicted octanol–water partition coefficient (Wildman–Crippen LogP) is 7.60. The summed E-state index contributed by atoms with van der Waals surface area (Å²) in [5.74, 6) is -1.09. The molecule has 2 unspecified atom stereocenters. The first kappa shape index (κ1) is 35.4. The Morgan fingerprint density at radius 2 is 1.65 bits per heavy atom. The van der Waals surface area contributed by atoms with Gasteiger partial charge in [-0.15, -0.1) is 0 Å². The molecule has 2 aromatic carbocycles. The molecule has 0 radical (unpaired) electrons. The van der Waals surface area contributed by atoms with Gasteiger partial charge in [-0.2, -0.15) is 5.10 Å². The smallest absolute Gasteiger partial charge is 0.412 e. The van der Waals surface area contributed by atoms with Crippen LogP contribution in [0, 0.1) is 5.92 Å². The van der Waals surface area contributed by atoms with Crippen molar-refractivity contribution >= 4 is 52.1 Å². The van der Waals surface area contributed by atoms with Gasteiger partial charge in [0.2, 0.25) is 0 Å². The zero-order chi connectivity index (χ0) is 33.9. The molecule has 46 heavy (non-hydrogen) atoms. The van der Waals surface area contributed by atoms with Gasteiger partial charge in [-0.05, 0) is 97.1 Å². The topological polar surface area (TPSA) is 109 Å². The normalized spacial score (nSPS) is 18.6. The summed E-state index contributed by atoms with van der Waals surface area (Å²) in [6.45, 7) is 10.7. The molecule has 4 rings (SSSR count). The summed E-state index contributed by atoms with van der Waals surface area (Å²) < 4.78 is 24.6. The fourth-order valence-electron chi connectivity index (χ4n) is 5.70. The SMILES string of the molecule is COC(=O)C1CCCC(C(=O)OC(C)(C)C)(N(Cn2ncc3c(OCCc4c(Cl)cccc4Cl)cccc32)C(=O)OC(C)(C)C)C1. The molecule has 0 spiro atoms. The molecule has 3 aromatic rings. The average Bonchev–Trinajstić information content (AvgIpc) is 3.38. The van der Waals surface area contributed by atoms with Crippen LogP contribution in [-0.2, 0) is 36.9 Å². The van der Waals surface area contributed by atoms with Crippen LogP contribution in [0.1, 0.15) is 72.8 Å². The van der Waals surface area contributed by atoms with Crippen molar-refractivity contribution in [2.24, 2.45) is 5.92 Å². The first-order valence-corrected chi connectivity index (χ1v) is 16.1. The third-order valence-electron chi connectivity index (χ3n) is 7.77. The number of nitrogens with zero attached hydrogens (tertiary/aromatic N) is 3. The van der Waals surface area contributed by atoms with Gasteiger partial charge in [-0.1, -0.05) is 35.3 Å². The van der Waals surface area contributed by atoms with Crippen molar-refractivity contribution in [2.45, 2.75) is 97.1 Å². The Morgan fingerprint density at radius 1 is 1.00 bits per heavy atom. The third kappa shape index (κ3) is 8.25. The maximum absolute atomic E-state index is 14.1. The van der Waals surface area contributed by atoms with Gasteiger partial charge in [0.25, 0.3) is 0 Å². The lowest BCUT2D eigenvalue weighted by atomic mass is 9.74. The van der Waals surface area contributed by atoms with Gasteiger partial charge >= 0.3 is 18.0 Å². The summed E-state index contributed by atoms with van der Waals surface area (Å²) >= 11 is 12.7. The molecule has 12 heteroatoms. The third-order valence-corrected chi connectivity index (χ3v) is 8.47. The van der Waals surface area contributed by atoms with Crippen molar-refractivity contribution in [2.75, 3.05) is 13.7 Å². The van der Waals surface area contributed by atoms with E-state index in [9.17, 15) is 14.4 Å². The fourth-order valence-corrected chi connectivity index (χ4v) is 6.29. The molecule has 1 aliphatic carbocycles. The Hall–Kier alpha value is -3.50. The molecule has 1 saturated carbocycles. The van der Waals surface area contributed by atoms with Crippen LogP contribution in [0.2, 0.25) is 10.0 Å². The predicted molar refractivity (Wildman–Crippen MR) is 176 cm³/mol. The molecule has 1 fully saturated rings. The van der Waals surface area contributed by atoms with Gasteiger partial charge in [0.05, 0.1) is 36.7 Å². The second-order valence-electron chi connectivity index (χ2n) is 13.5. The number of fused-ring (bicyclic) bond motifs is 1. The van der Waals surface area contributed by atoms with Gasteiger partial charge in [0.1, 0.15) is 29.2 Å². The Labute approximate surface area is 280 Å². The molecule has 250 valence electrons. The second kappa shape index (κ2) is 14.1. The van der Waals surface area contributed by atoms with Crippen molar-refractivity contribution in [3.63, 3.8) is 0 Å². The van der Waals surface area contributed by atoms with Crippen LogP contribution < -0.4 is 4.74 Å². The van der Waals surface area contributed by atoms with Gasteiger partial charge in [-0.25, -0.2) is 14.3 Å². The van der Waals surface area contributed by atoms with Gasteiger partial charge in [0.15, 0.2) is 0 Å². The number of halogens is 2. The monoisotopic (exact) mass is 675 g/mol. The first-order valence-electron chi connectivity index (χ1n) is 15.4. The number of carbonyl (C=O) groups excluding carboxylic acids is 3. The van der Waals surface area contributed by atoms with E-state index in [0.717, 1.165) is 5.56 Å².